The Hall–Kier alpha value is -1.64. The second-order valence-electron chi connectivity index (χ2n) is 3.39. The highest BCUT2D eigenvalue weighted by Gasteiger charge is 2.15. The van der Waals surface area contributed by atoms with E-state index in [0.717, 1.165) is 17.6 Å². The van der Waals surface area contributed by atoms with Crippen LogP contribution in [-0.2, 0) is 6.54 Å². The van der Waals surface area contributed by atoms with Gasteiger partial charge >= 0.3 is 0 Å². The van der Waals surface area contributed by atoms with Crippen LogP contribution >= 0.6 is 0 Å². The van der Waals surface area contributed by atoms with Crippen LogP contribution in [0.4, 0.5) is 8.78 Å². The molecule has 1 aromatic carbocycles. The summed E-state index contributed by atoms with van der Waals surface area (Å²) in [7, 11) is 0. The lowest BCUT2D eigenvalue weighted by Crippen LogP contribution is -2.00. The molecule has 2 aromatic rings. The molecule has 0 saturated heterocycles. The van der Waals surface area contributed by atoms with Gasteiger partial charge in [-0.05, 0) is 12.1 Å². The number of halogens is 2. The highest BCUT2D eigenvalue weighted by molar-refractivity contribution is 5.90. The summed E-state index contributed by atoms with van der Waals surface area (Å²) in [5.41, 5.74) is 1.53. The molecule has 0 saturated carbocycles. The zero-order valence-electron chi connectivity index (χ0n) is 9.30. The molecule has 84 valence electrons. The van der Waals surface area contributed by atoms with Crippen LogP contribution < -0.4 is 0 Å². The highest BCUT2D eigenvalue weighted by atomic mass is 19.2. The molecule has 0 fully saturated rings. The molecule has 3 heteroatoms. The fourth-order valence-electron chi connectivity index (χ4n) is 1.94. The Kier molecular flexibility index (Phi) is 2.77. The molecule has 0 radical (unpaired) electrons. The van der Waals surface area contributed by atoms with Crippen molar-refractivity contribution in [3.63, 3.8) is 0 Å². The van der Waals surface area contributed by atoms with Gasteiger partial charge in [-0.25, -0.2) is 8.78 Å². The van der Waals surface area contributed by atoms with Crippen molar-refractivity contribution in [2.75, 3.05) is 0 Å². The zero-order chi connectivity index (χ0) is 11.7. The third-order valence-electron chi connectivity index (χ3n) is 2.56. The van der Waals surface area contributed by atoms with E-state index in [-0.39, 0.29) is 0 Å². The molecule has 0 atom stereocenters. The summed E-state index contributed by atoms with van der Waals surface area (Å²) >= 11 is 0. The standard InChI is InChI=1S/C11H7F2N.C2H6/c12-9-6-7-2-1-4-14-5-3-8(10(9)13)11(7)14;1-2/h1-3,5-6H,4H2;1-2H3. The van der Waals surface area contributed by atoms with Crippen LogP contribution in [0.25, 0.3) is 17.0 Å². The van der Waals surface area contributed by atoms with Crippen LogP contribution in [0, 0.1) is 11.6 Å². The smallest absolute Gasteiger partial charge is 0.168 e. The predicted molar refractivity (Wildman–Crippen MR) is 62.2 cm³/mol. The lowest BCUT2D eigenvalue weighted by atomic mass is 10.1. The molecule has 16 heavy (non-hydrogen) atoms. The van der Waals surface area contributed by atoms with Crippen LogP contribution in [0.5, 0.6) is 0 Å². The van der Waals surface area contributed by atoms with Gasteiger partial charge in [-0.2, -0.15) is 0 Å². The quantitative estimate of drug-likeness (QED) is 0.634. The third kappa shape index (κ3) is 1.43. The van der Waals surface area contributed by atoms with Gasteiger partial charge in [-0.15, -0.1) is 0 Å². The molecule has 0 spiro atoms. The molecule has 1 aromatic heterocycles. The number of rotatable bonds is 0. The van der Waals surface area contributed by atoms with Gasteiger partial charge in [0.1, 0.15) is 0 Å². The van der Waals surface area contributed by atoms with Crippen molar-refractivity contribution in [1.82, 2.24) is 4.57 Å². The maximum Gasteiger partial charge on any atom is 0.168 e. The molecule has 1 nitrogen and oxygen atoms in total. The van der Waals surface area contributed by atoms with Gasteiger partial charge < -0.3 is 4.57 Å². The minimum Gasteiger partial charge on any atom is -0.343 e. The van der Waals surface area contributed by atoms with Crippen LogP contribution in [0.15, 0.2) is 24.4 Å². The molecule has 2 heterocycles. The number of hydrogen-bond donors (Lipinski definition) is 0. The summed E-state index contributed by atoms with van der Waals surface area (Å²) in [4.78, 5) is 0. The summed E-state index contributed by atoms with van der Waals surface area (Å²) in [5, 5.41) is 0.365. The van der Waals surface area contributed by atoms with E-state index >= 15 is 0 Å². The van der Waals surface area contributed by atoms with Crippen molar-refractivity contribution in [3.8, 4) is 0 Å². The minimum absolute atomic E-state index is 0.365. The monoisotopic (exact) mass is 221 g/mol. The molecule has 0 unspecified atom stereocenters. The second kappa shape index (κ2) is 4.08. The van der Waals surface area contributed by atoms with Crippen molar-refractivity contribution in [2.24, 2.45) is 0 Å². The van der Waals surface area contributed by atoms with Crippen LogP contribution in [0.1, 0.15) is 19.4 Å². The largest absolute Gasteiger partial charge is 0.343 e. The maximum atomic E-state index is 13.3. The molecular weight excluding hydrogens is 208 g/mol. The van der Waals surface area contributed by atoms with Gasteiger partial charge in [-0.1, -0.05) is 26.0 Å². The zero-order valence-corrected chi connectivity index (χ0v) is 9.30. The maximum absolute atomic E-state index is 13.3. The first kappa shape index (κ1) is 10.9. The summed E-state index contributed by atoms with van der Waals surface area (Å²) in [6.07, 6.45) is 5.53. The highest BCUT2D eigenvalue weighted by Crippen LogP contribution is 2.28. The van der Waals surface area contributed by atoms with E-state index in [2.05, 4.69) is 0 Å². The predicted octanol–water partition coefficient (Wildman–Crippen LogP) is 3.97. The van der Waals surface area contributed by atoms with Gasteiger partial charge in [0.05, 0.1) is 5.52 Å². The minimum atomic E-state index is -0.781. The van der Waals surface area contributed by atoms with E-state index in [1.807, 2.05) is 30.6 Å². The fourth-order valence-corrected chi connectivity index (χ4v) is 1.94. The van der Waals surface area contributed by atoms with Gasteiger partial charge in [-0.3, -0.25) is 0 Å². The molecule has 0 bridgehead atoms. The second-order valence-corrected chi connectivity index (χ2v) is 3.39. The Morgan fingerprint density at radius 3 is 2.75 bits per heavy atom. The van der Waals surface area contributed by atoms with E-state index in [1.54, 1.807) is 12.3 Å². The van der Waals surface area contributed by atoms with E-state index < -0.39 is 11.6 Å². The van der Waals surface area contributed by atoms with Gasteiger partial charge in [0.25, 0.3) is 0 Å². The Morgan fingerprint density at radius 2 is 2.00 bits per heavy atom. The number of hydrogen-bond acceptors (Lipinski definition) is 0. The Morgan fingerprint density at radius 1 is 1.25 bits per heavy atom. The summed E-state index contributed by atoms with van der Waals surface area (Å²) in [6.45, 7) is 4.72. The molecular formula is C13H13F2N. The van der Waals surface area contributed by atoms with Gasteiger partial charge in [0.2, 0.25) is 0 Å². The molecule has 1 aliphatic rings. The van der Waals surface area contributed by atoms with E-state index in [4.69, 9.17) is 0 Å². The Bertz CT molecular complexity index is 553. The summed E-state index contributed by atoms with van der Waals surface area (Å²) in [6, 6.07) is 2.86. The van der Waals surface area contributed by atoms with E-state index in [0.29, 0.717) is 5.39 Å². The van der Waals surface area contributed by atoms with Crippen molar-refractivity contribution >= 4 is 17.0 Å². The SMILES string of the molecule is CC.Fc1cc2c3c(ccn3CC=C2)c1F. The number of nitrogens with zero attached hydrogens (tertiary/aromatic N) is 1. The topological polar surface area (TPSA) is 4.93 Å². The van der Waals surface area contributed by atoms with Crippen LogP contribution in [-0.4, -0.2) is 4.57 Å². The lowest BCUT2D eigenvalue weighted by Gasteiger charge is -2.10. The lowest BCUT2D eigenvalue weighted by molar-refractivity contribution is 0.516. The first-order chi connectivity index (χ1) is 7.77. The number of aromatic nitrogens is 1. The van der Waals surface area contributed by atoms with Crippen molar-refractivity contribution < 1.29 is 8.78 Å². The van der Waals surface area contributed by atoms with E-state index in [9.17, 15) is 8.78 Å². The van der Waals surface area contributed by atoms with Crippen LogP contribution in [0.2, 0.25) is 0 Å². The Labute approximate surface area is 93.0 Å². The van der Waals surface area contributed by atoms with Gasteiger partial charge in [0, 0.05) is 23.7 Å². The van der Waals surface area contributed by atoms with E-state index in [1.165, 1.54) is 6.07 Å². The number of benzene rings is 1. The van der Waals surface area contributed by atoms with Crippen LogP contribution in [0.3, 0.4) is 0 Å². The normalized spacial score (nSPS) is 12.5. The summed E-state index contributed by atoms with van der Waals surface area (Å²) < 4.78 is 28.4. The Balaban J connectivity index is 0.000000457. The van der Waals surface area contributed by atoms with Gasteiger partial charge in [0.15, 0.2) is 11.6 Å². The molecule has 1 aliphatic heterocycles. The first-order valence-corrected chi connectivity index (χ1v) is 5.41. The molecule has 0 N–H and O–H groups in total. The summed E-state index contributed by atoms with van der Waals surface area (Å²) in [5.74, 6) is -1.53. The first-order valence-electron chi connectivity index (χ1n) is 5.41. The molecule has 3 rings (SSSR count). The fraction of sp³-hybridized carbons (Fsp3) is 0.231. The molecule has 0 aliphatic carbocycles. The van der Waals surface area contributed by atoms with Crippen molar-refractivity contribution in [3.05, 3.63) is 41.6 Å². The van der Waals surface area contributed by atoms with Crippen molar-refractivity contribution in [1.29, 1.82) is 0 Å². The third-order valence-corrected chi connectivity index (χ3v) is 2.56. The van der Waals surface area contributed by atoms with Crippen molar-refractivity contribution in [2.45, 2.75) is 20.4 Å². The molecule has 0 amide bonds. The number of allylic oxidation sites excluding steroid dienone is 1. The average Bonchev–Trinajstić information content (AvgIpc) is 2.74. The average molecular weight is 221 g/mol.